The molecule has 190 valence electrons. The van der Waals surface area contributed by atoms with Gasteiger partial charge < -0.3 is 14.9 Å². The summed E-state index contributed by atoms with van der Waals surface area (Å²) < 4.78 is 21.1. The first kappa shape index (κ1) is 27.1. The van der Waals surface area contributed by atoms with Crippen LogP contribution >= 0.6 is 0 Å². The molecule has 1 aliphatic rings. The number of hydrogen-bond donors (Lipinski definition) is 2. The summed E-state index contributed by atoms with van der Waals surface area (Å²) in [5.74, 6) is 0.781. The molecule has 4 aromatic rings. The number of fused-ring (bicyclic) bond motifs is 1. The number of carboxylic acid groups (broad SMARTS) is 1. The van der Waals surface area contributed by atoms with Gasteiger partial charge in [-0.25, -0.2) is 4.39 Å². The van der Waals surface area contributed by atoms with Crippen LogP contribution in [-0.4, -0.2) is 33.9 Å². The first-order valence-electron chi connectivity index (χ1n) is 12.1. The first-order valence-corrected chi connectivity index (χ1v) is 12.1. The Morgan fingerprint density at radius 3 is 2.42 bits per heavy atom. The fourth-order valence-corrected chi connectivity index (χ4v) is 4.60. The van der Waals surface area contributed by atoms with Crippen LogP contribution < -0.4 is 4.74 Å². The van der Waals surface area contributed by atoms with E-state index in [9.17, 15) is 0 Å². The van der Waals surface area contributed by atoms with Crippen LogP contribution in [0.2, 0.25) is 0 Å². The van der Waals surface area contributed by atoms with Gasteiger partial charge >= 0.3 is 0 Å². The van der Waals surface area contributed by atoms with Gasteiger partial charge in [0.25, 0.3) is 6.47 Å². The molecule has 0 unspecified atom stereocenters. The van der Waals surface area contributed by atoms with Gasteiger partial charge in [0, 0.05) is 29.0 Å². The highest BCUT2D eigenvalue weighted by Crippen LogP contribution is 2.43. The molecule has 0 saturated carbocycles. The van der Waals surface area contributed by atoms with Gasteiger partial charge in [0.2, 0.25) is 0 Å². The third-order valence-electron chi connectivity index (χ3n) is 5.96. The molecular formula is C30H34FNO4. The lowest BCUT2D eigenvalue weighted by Gasteiger charge is -2.22. The van der Waals surface area contributed by atoms with Crippen molar-refractivity contribution in [3.8, 4) is 16.9 Å². The predicted octanol–water partition coefficient (Wildman–Crippen LogP) is 6.79. The minimum Gasteiger partial charge on any atom is -0.493 e. The van der Waals surface area contributed by atoms with Crippen LogP contribution in [0.25, 0.3) is 32.8 Å². The van der Waals surface area contributed by atoms with Crippen molar-refractivity contribution in [2.75, 3.05) is 6.61 Å². The molecule has 1 aromatic heterocycles. The Labute approximate surface area is 211 Å². The van der Waals surface area contributed by atoms with Gasteiger partial charge in [0.05, 0.1) is 17.7 Å². The summed E-state index contributed by atoms with van der Waals surface area (Å²) in [4.78, 5) is 13.1. The Hall–Kier alpha value is -3.51. The van der Waals surface area contributed by atoms with Gasteiger partial charge in [-0.3, -0.25) is 9.78 Å². The third kappa shape index (κ3) is 5.65. The second-order valence-corrected chi connectivity index (χ2v) is 9.87. The molecule has 1 aliphatic heterocycles. The number of rotatable bonds is 2. The van der Waals surface area contributed by atoms with Crippen LogP contribution in [-0.2, 0) is 17.6 Å². The highest BCUT2D eigenvalue weighted by Gasteiger charge is 2.22. The van der Waals surface area contributed by atoms with Crippen LogP contribution in [0.15, 0.2) is 42.6 Å². The van der Waals surface area contributed by atoms with E-state index in [0.29, 0.717) is 12.0 Å². The molecule has 5 rings (SSSR count). The lowest BCUT2D eigenvalue weighted by Crippen LogP contribution is -2.10. The lowest BCUT2D eigenvalue weighted by molar-refractivity contribution is -0.122. The summed E-state index contributed by atoms with van der Waals surface area (Å²) in [5.41, 5.74) is 6.70. The molecule has 0 spiro atoms. The summed E-state index contributed by atoms with van der Waals surface area (Å²) in [6.45, 7) is 11.7. The SMILES string of the molecule is CC(C)(C)O.CCc1c(C)c(F)c2cc(C)ccc2c1-c1ccc2c3c(ccnc13)CCO2.O=CO. The quantitative estimate of drug-likeness (QED) is 0.302. The molecule has 36 heavy (non-hydrogen) atoms. The number of carbonyl (C=O) groups is 1. The molecule has 0 aliphatic carbocycles. The Morgan fingerprint density at radius 2 is 1.78 bits per heavy atom. The maximum atomic E-state index is 15.2. The third-order valence-corrected chi connectivity index (χ3v) is 5.96. The Kier molecular flexibility index (Phi) is 8.31. The maximum absolute atomic E-state index is 15.2. The van der Waals surface area contributed by atoms with Crippen molar-refractivity contribution < 1.29 is 24.1 Å². The zero-order valence-electron chi connectivity index (χ0n) is 21.8. The Morgan fingerprint density at radius 1 is 1.11 bits per heavy atom. The molecule has 0 radical (unpaired) electrons. The van der Waals surface area contributed by atoms with Gasteiger partial charge in [-0.1, -0.05) is 24.6 Å². The second kappa shape index (κ2) is 11.0. The second-order valence-electron chi connectivity index (χ2n) is 9.87. The largest absolute Gasteiger partial charge is 0.493 e. The van der Waals surface area contributed by atoms with Crippen molar-refractivity contribution in [3.05, 3.63) is 70.7 Å². The maximum Gasteiger partial charge on any atom is 0.290 e. The minimum absolute atomic E-state index is 0.113. The topological polar surface area (TPSA) is 79.7 Å². The summed E-state index contributed by atoms with van der Waals surface area (Å²) in [7, 11) is 0. The molecule has 0 saturated heterocycles. The number of benzene rings is 3. The van der Waals surface area contributed by atoms with Crippen molar-refractivity contribution in [1.82, 2.24) is 4.98 Å². The molecule has 6 heteroatoms. The number of aliphatic hydroxyl groups is 1. The number of ether oxygens (including phenoxy) is 1. The fourth-order valence-electron chi connectivity index (χ4n) is 4.60. The van der Waals surface area contributed by atoms with Crippen molar-refractivity contribution in [2.24, 2.45) is 0 Å². The smallest absolute Gasteiger partial charge is 0.290 e. The number of halogens is 1. The number of hydrogen-bond acceptors (Lipinski definition) is 4. The molecule has 3 aromatic carbocycles. The average molecular weight is 492 g/mol. The standard InChI is InChI=1S/C25H22FNO.C4H10O.CH2O2/c1-4-17-15(3)24(26)20-13-14(2)5-6-18(20)23(17)19-7-8-21-22-16(10-12-28-21)9-11-27-25(19)22;1-4(2,3)5;2-1-3/h5-9,11,13H,4,10,12H2,1-3H3;5H,1-3H3;1H,(H,2,3). The zero-order chi connectivity index (χ0) is 26.6. The number of nitrogens with zero attached hydrogens (tertiary/aromatic N) is 1. The van der Waals surface area contributed by atoms with Crippen LogP contribution in [0.5, 0.6) is 5.75 Å². The zero-order valence-corrected chi connectivity index (χ0v) is 21.8. The molecule has 5 nitrogen and oxygen atoms in total. The van der Waals surface area contributed by atoms with E-state index in [1.165, 1.54) is 5.56 Å². The van der Waals surface area contributed by atoms with Gasteiger partial charge in [-0.15, -0.1) is 0 Å². The van der Waals surface area contributed by atoms with E-state index in [2.05, 4.69) is 25.1 Å². The predicted molar refractivity (Wildman–Crippen MR) is 143 cm³/mol. The van der Waals surface area contributed by atoms with Crippen molar-refractivity contribution >= 4 is 28.1 Å². The van der Waals surface area contributed by atoms with Crippen LogP contribution in [0.3, 0.4) is 0 Å². The molecule has 0 bridgehead atoms. The van der Waals surface area contributed by atoms with E-state index in [0.717, 1.165) is 62.7 Å². The molecule has 0 atom stereocenters. The molecule has 2 N–H and O–H groups in total. The van der Waals surface area contributed by atoms with E-state index in [-0.39, 0.29) is 12.3 Å². The minimum atomic E-state index is -0.500. The highest BCUT2D eigenvalue weighted by atomic mass is 19.1. The number of pyridine rings is 1. The van der Waals surface area contributed by atoms with Crippen molar-refractivity contribution in [3.63, 3.8) is 0 Å². The summed E-state index contributed by atoms with van der Waals surface area (Å²) in [5, 5.41) is 18.1. The molecule has 2 heterocycles. The summed E-state index contributed by atoms with van der Waals surface area (Å²) >= 11 is 0. The van der Waals surface area contributed by atoms with Gasteiger partial charge in [-0.05, 0) is 92.9 Å². The van der Waals surface area contributed by atoms with E-state index >= 15 is 4.39 Å². The van der Waals surface area contributed by atoms with Gasteiger partial charge in [0.15, 0.2) is 0 Å². The Bertz CT molecular complexity index is 1390. The van der Waals surface area contributed by atoms with E-state index in [1.54, 1.807) is 20.8 Å². The molecular weight excluding hydrogens is 457 g/mol. The fraction of sp³-hybridized carbons (Fsp3) is 0.333. The lowest BCUT2D eigenvalue weighted by atomic mass is 9.86. The van der Waals surface area contributed by atoms with Crippen molar-refractivity contribution in [1.29, 1.82) is 0 Å². The van der Waals surface area contributed by atoms with E-state index in [1.807, 2.05) is 38.2 Å². The van der Waals surface area contributed by atoms with E-state index < -0.39 is 5.60 Å². The number of aryl methyl sites for hydroxylation is 1. The number of aromatic nitrogens is 1. The van der Waals surface area contributed by atoms with Gasteiger partial charge in [-0.2, -0.15) is 0 Å². The highest BCUT2D eigenvalue weighted by molar-refractivity contribution is 6.08. The van der Waals surface area contributed by atoms with E-state index in [4.69, 9.17) is 24.7 Å². The monoisotopic (exact) mass is 491 g/mol. The van der Waals surface area contributed by atoms with Crippen molar-refractivity contribution in [2.45, 2.75) is 60.0 Å². The van der Waals surface area contributed by atoms with Crippen LogP contribution in [0, 0.1) is 19.7 Å². The summed E-state index contributed by atoms with van der Waals surface area (Å²) in [6.07, 6.45) is 3.53. The summed E-state index contributed by atoms with van der Waals surface area (Å²) in [6, 6.07) is 12.3. The average Bonchev–Trinajstić information content (AvgIpc) is 2.82. The molecule has 0 fully saturated rings. The first-order chi connectivity index (χ1) is 17.0. The normalized spacial score (nSPS) is 12.2. The molecule has 0 amide bonds. The Balaban J connectivity index is 0.000000398. The van der Waals surface area contributed by atoms with Gasteiger partial charge in [0.1, 0.15) is 11.6 Å². The van der Waals surface area contributed by atoms with Crippen LogP contribution in [0.4, 0.5) is 4.39 Å². The van der Waals surface area contributed by atoms with Crippen LogP contribution in [0.1, 0.15) is 49.9 Å².